The zero-order valence-corrected chi connectivity index (χ0v) is 17.9. The van der Waals surface area contributed by atoms with E-state index in [1.165, 1.54) is 17.5 Å². The average Bonchev–Trinajstić information content (AvgIpc) is 2.74. The summed E-state index contributed by atoms with van der Waals surface area (Å²) in [6.45, 7) is 1.84. The van der Waals surface area contributed by atoms with Gasteiger partial charge in [-0.15, -0.1) is 0 Å². The Morgan fingerprint density at radius 2 is 1.48 bits per heavy atom. The van der Waals surface area contributed by atoms with Crippen molar-refractivity contribution in [3.63, 3.8) is 0 Å². The van der Waals surface area contributed by atoms with Crippen molar-refractivity contribution < 1.29 is 17.9 Å². The smallest absolute Gasteiger partial charge is 0.265 e. The van der Waals surface area contributed by atoms with Gasteiger partial charge in [-0.3, -0.25) is 4.31 Å². The van der Waals surface area contributed by atoms with Crippen molar-refractivity contribution in [2.45, 2.75) is 17.9 Å². The van der Waals surface area contributed by atoms with Crippen molar-refractivity contribution in [2.24, 2.45) is 0 Å². The zero-order chi connectivity index (χ0) is 21.0. The lowest BCUT2D eigenvalue weighted by atomic mass is 10.1. The third-order valence-corrected chi connectivity index (χ3v) is 6.78. The number of benzene rings is 3. The summed E-state index contributed by atoms with van der Waals surface area (Å²) in [5.41, 5.74) is 1.34. The molecule has 0 heterocycles. The molecule has 0 radical (unpaired) electrons. The molecule has 1 atom stereocenters. The molecule has 0 saturated heterocycles. The highest BCUT2D eigenvalue weighted by Gasteiger charge is 2.30. The predicted molar refractivity (Wildman–Crippen MR) is 116 cm³/mol. The largest absolute Gasteiger partial charge is 0.497 e. The second-order valence-corrected chi connectivity index (χ2v) is 8.66. The molecule has 0 aliphatic rings. The molecule has 0 saturated carbocycles. The number of hydrogen-bond donors (Lipinski definition) is 0. The van der Waals surface area contributed by atoms with Crippen LogP contribution in [-0.4, -0.2) is 22.6 Å². The Balaban J connectivity index is 2.13. The molecule has 7 heteroatoms. The molecule has 3 aromatic carbocycles. The van der Waals surface area contributed by atoms with Crippen molar-refractivity contribution in [1.82, 2.24) is 0 Å². The Hall–Kier alpha value is -2.70. The third-order valence-electron chi connectivity index (χ3n) is 4.63. The first-order valence-corrected chi connectivity index (χ1v) is 10.8. The van der Waals surface area contributed by atoms with Gasteiger partial charge in [0.2, 0.25) is 0 Å². The van der Waals surface area contributed by atoms with E-state index in [1.54, 1.807) is 61.7 Å². The average molecular weight is 432 g/mol. The number of rotatable bonds is 7. The third kappa shape index (κ3) is 4.49. The minimum Gasteiger partial charge on any atom is -0.497 e. The molecule has 29 heavy (non-hydrogen) atoms. The van der Waals surface area contributed by atoms with E-state index in [1.807, 2.05) is 19.1 Å². The molecule has 0 amide bonds. The highest BCUT2D eigenvalue weighted by Crippen LogP contribution is 2.35. The van der Waals surface area contributed by atoms with Crippen molar-refractivity contribution in [1.29, 1.82) is 0 Å². The van der Waals surface area contributed by atoms with Gasteiger partial charge in [0.15, 0.2) is 0 Å². The minimum atomic E-state index is -3.88. The van der Waals surface area contributed by atoms with Gasteiger partial charge in [-0.25, -0.2) is 8.42 Å². The Morgan fingerprint density at radius 1 is 0.862 bits per heavy atom. The summed E-state index contributed by atoms with van der Waals surface area (Å²) in [6, 6.07) is 20.0. The van der Waals surface area contributed by atoms with E-state index in [9.17, 15) is 8.42 Å². The number of hydrogen-bond acceptors (Lipinski definition) is 4. The van der Waals surface area contributed by atoms with E-state index in [0.717, 1.165) is 5.56 Å². The fourth-order valence-corrected chi connectivity index (χ4v) is 4.86. The van der Waals surface area contributed by atoms with Crippen LogP contribution < -0.4 is 13.8 Å². The highest BCUT2D eigenvalue weighted by molar-refractivity contribution is 7.92. The second-order valence-electron chi connectivity index (χ2n) is 6.41. The molecule has 0 aliphatic carbocycles. The van der Waals surface area contributed by atoms with Gasteiger partial charge in [0, 0.05) is 11.1 Å². The number of halogens is 1. The molecule has 0 aliphatic heterocycles. The van der Waals surface area contributed by atoms with Crippen LogP contribution in [0.25, 0.3) is 0 Å². The molecule has 0 spiro atoms. The van der Waals surface area contributed by atoms with E-state index in [-0.39, 0.29) is 4.90 Å². The maximum absolute atomic E-state index is 13.7. The number of anilines is 1. The Morgan fingerprint density at radius 3 is 2.07 bits per heavy atom. The number of methoxy groups -OCH3 is 2. The van der Waals surface area contributed by atoms with E-state index >= 15 is 0 Å². The standard InChI is InChI=1S/C22H22ClNO4S/c1-16(17-7-9-18(23)10-8-17)24(19-11-13-20(27-2)14-12-19)29(25,26)22-6-4-5-21(15-22)28-3/h4-16H,1-3H3/t16-/m1/s1. The molecular formula is C22H22ClNO4S. The van der Waals surface area contributed by atoms with Crippen LogP contribution in [-0.2, 0) is 10.0 Å². The van der Waals surface area contributed by atoms with Gasteiger partial charge in [0.05, 0.1) is 30.8 Å². The van der Waals surface area contributed by atoms with Crippen LogP contribution in [0, 0.1) is 0 Å². The van der Waals surface area contributed by atoms with Crippen molar-refractivity contribution >= 4 is 27.3 Å². The van der Waals surface area contributed by atoms with Crippen LogP contribution in [0.4, 0.5) is 5.69 Å². The first kappa shape index (κ1) is 21.0. The van der Waals surface area contributed by atoms with Crippen LogP contribution in [0.3, 0.4) is 0 Å². The number of ether oxygens (including phenoxy) is 2. The van der Waals surface area contributed by atoms with Gasteiger partial charge < -0.3 is 9.47 Å². The van der Waals surface area contributed by atoms with Gasteiger partial charge in [-0.1, -0.05) is 29.8 Å². The summed E-state index contributed by atoms with van der Waals surface area (Å²) in [5, 5.41) is 0.590. The van der Waals surface area contributed by atoms with Gasteiger partial charge in [-0.2, -0.15) is 0 Å². The summed E-state index contributed by atoms with van der Waals surface area (Å²) < 4.78 is 39.1. The highest BCUT2D eigenvalue weighted by atomic mass is 35.5. The summed E-state index contributed by atoms with van der Waals surface area (Å²) in [5.74, 6) is 1.12. The maximum atomic E-state index is 13.7. The Kier molecular flexibility index (Phi) is 6.35. The first-order valence-electron chi connectivity index (χ1n) is 8.95. The van der Waals surface area contributed by atoms with Crippen LogP contribution in [0.15, 0.2) is 77.7 Å². The fraction of sp³-hybridized carbons (Fsp3) is 0.182. The Labute approximate surface area is 176 Å². The van der Waals surface area contributed by atoms with Crippen molar-refractivity contribution in [3.05, 3.63) is 83.4 Å². The Bertz CT molecular complexity index is 1070. The second kappa shape index (κ2) is 8.76. The normalized spacial score (nSPS) is 12.3. The molecule has 0 fully saturated rings. The quantitative estimate of drug-likeness (QED) is 0.508. The summed E-state index contributed by atoms with van der Waals surface area (Å²) in [7, 11) is -0.815. The van der Waals surface area contributed by atoms with Crippen LogP contribution >= 0.6 is 11.6 Å². The summed E-state index contributed by atoms with van der Waals surface area (Å²) in [4.78, 5) is 0.147. The lowest BCUT2D eigenvalue weighted by Crippen LogP contribution is -2.33. The topological polar surface area (TPSA) is 55.8 Å². The van der Waals surface area contributed by atoms with Gasteiger partial charge >= 0.3 is 0 Å². The fourth-order valence-electron chi connectivity index (χ4n) is 3.05. The molecule has 5 nitrogen and oxygen atoms in total. The zero-order valence-electron chi connectivity index (χ0n) is 16.4. The predicted octanol–water partition coefficient (Wildman–Crippen LogP) is 5.31. The van der Waals surface area contributed by atoms with Crippen molar-refractivity contribution in [3.8, 4) is 11.5 Å². The molecular weight excluding hydrogens is 410 g/mol. The number of sulfonamides is 1. The van der Waals surface area contributed by atoms with E-state index in [0.29, 0.717) is 22.2 Å². The molecule has 3 aromatic rings. The minimum absolute atomic E-state index is 0.147. The van der Waals surface area contributed by atoms with Gasteiger partial charge in [0.25, 0.3) is 10.0 Å². The van der Waals surface area contributed by atoms with E-state index in [2.05, 4.69) is 0 Å². The van der Waals surface area contributed by atoms with Crippen LogP contribution in [0.2, 0.25) is 5.02 Å². The molecule has 152 valence electrons. The maximum Gasteiger partial charge on any atom is 0.265 e. The van der Waals surface area contributed by atoms with E-state index in [4.69, 9.17) is 21.1 Å². The summed E-state index contributed by atoms with van der Waals surface area (Å²) in [6.07, 6.45) is 0. The number of nitrogens with zero attached hydrogens (tertiary/aromatic N) is 1. The van der Waals surface area contributed by atoms with Crippen molar-refractivity contribution in [2.75, 3.05) is 18.5 Å². The van der Waals surface area contributed by atoms with Crippen LogP contribution in [0.1, 0.15) is 18.5 Å². The van der Waals surface area contributed by atoms with E-state index < -0.39 is 16.1 Å². The van der Waals surface area contributed by atoms with Gasteiger partial charge in [0.1, 0.15) is 11.5 Å². The SMILES string of the molecule is COc1ccc(N([C@H](C)c2ccc(Cl)cc2)S(=O)(=O)c2cccc(OC)c2)cc1. The monoisotopic (exact) mass is 431 g/mol. The molecule has 0 unspecified atom stereocenters. The first-order chi connectivity index (χ1) is 13.9. The lowest BCUT2D eigenvalue weighted by Gasteiger charge is -2.31. The summed E-state index contributed by atoms with van der Waals surface area (Å²) >= 11 is 6.01. The molecule has 0 N–H and O–H groups in total. The molecule has 0 aromatic heterocycles. The molecule has 0 bridgehead atoms. The molecule has 3 rings (SSSR count). The van der Waals surface area contributed by atoms with Gasteiger partial charge in [-0.05, 0) is 61.0 Å². The van der Waals surface area contributed by atoms with Crippen LogP contribution in [0.5, 0.6) is 11.5 Å². The lowest BCUT2D eigenvalue weighted by molar-refractivity contribution is 0.413.